The largest absolute Gasteiger partial charge is 0.432 e. The molecule has 39 heavy (non-hydrogen) atoms. The maximum absolute atomic E-state index is 14.1. The molecule has 3 aromatic rings. The van der Waals surface area contributed by atoms with E-state index >= 15 is 0 Å². The molecule has 0 spiro atoms. The number of nitriles is 1. The Morgan fingerprint density at radius 1 is 1.15 bits per heavy atom. The molecule has 0 radical (unpaired) electrons. The molecule has 0 amide bonds. The number of rotatable bonds is 8. The molecule has 5 rings (SSSR count). The second-order valence-electron chi connectivity index (χ2n) is 10.4. The standard InChI is InChI=1S/C28H29ClF3N5O2/c1-35(26-20(14-33)27(38)36(2)22-11-12-24(29)34-25(22)26)17-5-7-18(8-6-17)37(15-16-3-4-16)19-9-10-21(30)23(13-19)39-28(31)32/h9-13,16-18,28H,3-8,15H2,1-2H3. The highest BCUT2D eigenvalue weighted by Crippen LogP contribution is 2.39. The van der Waals surface area contributed by atoms with Crippen molar-refractivity contribution in [2.45, 2.75) is 57.2 Å². The molecular weight excluding hydrogens is 531 g/mol. The van der Waals surface area contributed by atoms with Gasteiger partial charge >= 0.3 is 6.61 Å². The van der Waals surface area contributed by atoms with Crippen LogP contribution in [0.4, 0.5) is 24.5 Å². The lowest BCUT2D eigenvalue weighted by Gasteiger charge is -2.42. The second kappa shape index (κ2) is 11.0. The van der Waals surface area contributed by atoms with Crippen molar-refractivity contribution in [1.82, 2.24) is 9.55 Å². The van der Waals surface area contributed by atoms with E-state index in [1.54, 1.807) is 25.2 Å². The van der Waals surface area contributed by atoms with Gasteiger partial charge in [0.2, 0.25) is 0 Å². The van der Waals surface area contributed by atoms with Crippen molar-refractivity contribution in [3.05, 3.63) is 57.2 Å². The van der Waals surface area contributed by atoms with Gasteiger partial charge in [-0.15, -0.1) is 0 Å². The van der Waals surface area contributed by atoms with E-state index in [1.165, 1.54) is 16.7 Å². The SMILES string of the molecule is CN(c1c(C#N)c(=O)n(C)c2ccc(Cl)nc12)C1CCC(N(CC2CC2)c2ccc(F)c(OC(F)F)c2)CC1. The minimum atomic E-state index is -3.11. The lowest BCUT2D eigenvalue weighted by molar-refractivity contribution is -0.0521. The maximum Gasteiger partial charge on any atom is 0.387 e. The monoisotopic (exact) mass is 559 g/mol. The van der Waals surface area contributed by atoms with E-state index in [2.05, 4.69) is 20.7 Å². The quantitative estimate of drug-likeness (QED) is 0.322. The number of hydrogen-bond donors (Lipinski definition) is 0. The molecule has 0 bridgehead atoms. The topological polar surface area (TPSA) is 74.4 Å². The van der Waals surface area contributed by atoms with E-state index in [4.69, 9.17) is 11.6 Å². The Bertz CT molecular complexity index is 1480. The smallest absolute Gasteiger partial charge is 0.387 e. The van der Waals surface area contributed by atoms with Crippen LogP contribution in [0.15, 0.2) is 35.1 Å². The minimum Gasteiger partial charge on any atom is -0.432 e. The van der Waals surface area contributed by atoms with Crippen molar-refractivity contribution in [3.8, 4) is 11.8 Å². The molecule has 1 aromatic carbocycles. The Labute approximate surface area is 229 Å². The van der Waals surface area contributed by atoms with E-state index in [1.807, 2.05) is 11.9 Å². The Kier molecular flexibility index (Phi) is 7.63. The summed E-state index contributed by atoms with van der Waals surface area (Å²) in [5.74, 6) is -0.751. The number of anilines is 2. The molecule has 2 aliphatic carbocycles. The molecule has 2 aromatic heterocycles. The van der Waals surface area contributed by atoms with Crippen LogP contribution in [0.1, 0.15) is 44.1 Å². The van der Waals surface area contributed by atoms with Gasteiger partial charge in [-0.05, 0) is 68.7 Å². The van der Waals surface area contributed by atoms with Crippen LogP contribution in [0.2, 0.25) is 5.15 Å². The zero-order valence-electron chi connectivity index (χ0n) is 21.7. The third-order valence-electron chi connectivity index (χ3n) is 7.91. The average molecular weight is 560 g/mol. The van der Waals surface area contributed by atoms with E-state index in [0.717, 1.165) is 45.1 Å². The van der Waals surface area contributed by atoms with Crippen LogP contribution in [-0.2, 0) is 7.05 Å². The van der Waals surface area contributed by atoms with Crippen LogP contribution in [-0.4, -0.2) is 41.8 Å². The molecule has 11 heteroatoms. The fraction of sp³-hybridized carbons (Fsp3) is 0.464. The fourth-order valence-electron chi connectivity index (χ4n) is 5.65. The first kappa shape index (κ1) is 27.1. The van der Waals surface area contributed by atoms with Crippen LogP contribution in [0.5, 0.6) is 5.75 Å². The Morgan fingerprint density at radius 2 is 1.85 bits per heavy atom. The minimum absolute atomic E-state index is 0.0256. The summed E-state index contributed by atoms with van der Waals surface area (Å²) in [6.45, 7) is -2.34. The first-order valence-corrected chi connectivity index (χ1v) is 13.4. The third-order valence-corrected chi connectivity index (χ3v) is 8.12. The van der Waals surface area contributed by atoms with Gasteiger partial charge in [-0.2, -0.15) is 14.0 Å². The van der Waals surface area contributed by atoms with Crippen molar-refractivity contribution < 1.29 is 17.9 Å². The number of halogens is 4. The second-order valence-corrected chi connectivity index (χ2v) is 10.8. The molecule has 0 atom stereocenters. The van der Waals surface area contributed by atoms with Crippen molar-refractivity contribution in [3.63, 3.8) is 0 Å². The zero-order valence-corrected chi connectivity index (χ0v) is 22.5. The van der Waals surface area contributed by atoms with Gasteiger partial charge in [-0.1, -0.05) is 11.6 Å². The predicted octanol–water partition coefficient (Wildman–Crippen LogP) is 5.86. The van der Waals surface area contributed by atoms with Gasteiger partial charge in [0, 0.05) is 44.5 Å². The summed E-state index contributed by atoms with van der Waals surface area (Å²) in [6, 6.07) is 9.75. The zero-order chi connectivity index (χ0) is 27.8. The molecule has 2 saturated carbocycles. The highest BCUT2D eigenvalue weighted by Gasteiger charge is 2.34. The van der Waals surface area contributed by atoms with E-state index in [9.17, 15) is 23.2 Å². The van der Waals surface area contributed by atoms with Gasteiger partial charge in [0.25, 0.3) is 5.56 Å². The number of aromatic nitrogens is 2. The predicted molar refractivity (Wildman–Crippen MR) is 144 cm³/mol. The van der Waals surface area contributed by atoms with Gasteiger partial charge in [-0.3, -0.25) is 4.79 Å². The Hall–Kier alpha value is -3.45. The molecular formula is C28H29ClF3N5O2. The third kappa shape index (κ3) is 5.50. The molecule has 2 heterocycles. The molecule has 7 nitrogen and oxygen atoms in total. The summed E-state index contributed by atoms with van der Waals surface area (Å²) in [6.07, 6.45) is 5.35. The maximum atomic E-state index is 14.1. The van der Waals surface area contributed by atoms with E-state index < -0.39 is 23.7 Å². The number of nitrogens with zero attached hydrogens (tertiary/aromatic N) is 5. The first-order valence-electron chi connectivity index (χ1n) is 13.0. The number of pyridine rings is 2. The number of ether oxygens (including phenoxy) is 1. The molecule has 0 aliphatic heterocycles. The van der Waals surface area contributed by atoms with Crippen LogP contribution in [0.3, 0.4) is 0 Å². The fourth-order valence-corrected chi connectivity index (χ4v) is 5.80. The average Bonchev–Trinajstić information content (AvgIpc) is 3.74. The lowest BCUT2D eigenvalue weighted by Crippen LogP contribution is -2.44. The van der Waals surface area contributed by atoms with Crippen LogP contribution >= 0.6 is 11.6 Å². The van der Waals surface area contributed by atoms with Crippen LogP contribution in [0.25, 0.3) is 11.0 Å². The van der Waals surface area contributed by atoms with E-state index in [0.29, 0.717) is 28.3 Å². The summed E-state index contributed by atoms with van der Waals surface area (Å²) >= 11 is 6.20. The van der Waals surface area contributed by atoms with Gasteiger partial charge < -0.3 is 19.1 Å². The van der Waals surface area contributed by atoms with Crippen molar-refractivity contribution >= 4 is 34.0 Å². The summed E-state index contributed by atoms with van der Waals surface area (Å²) in [4.78, 5) is 21.6. The van der Waals surface area contributed by atoms with Crippen LogP contribution < -0.4 is 20.1 Å². The normalized spacial score (nSPS) is 19.2. The molecule has 0 saturated heterocycles. The highest BCUT2D eigenvalue weighted by atomic mass is 35.5. The molecule has 0 N–H and O–H groups in total. The van der Waals surface area contributed by atoms with Crippen molar-refractivity contribution in [2.75, 3.05) is 23.4 Å². The van der Waals surface area contributed by atoms with Crippen molar-refractivity contribution in [1.29, 1.82) is 5.26 Å². The number of alkyl halides is 2. The Balaban J connectivity index is 1.40. The molecule has 0 unspecified atom stereocenters. The van der Waals surface area contributed by atoms with Gasteiger partial charge in [0.05, 0.1) is 11.2 Å². The first-order chi connectivity index (χ1) is 18.7. The van der Waals surface area contributed by atoms with Crippen molar-refractivity contribution in [2.24, 2.45) is 13.0 Å². The lowest BCUT2D eigenvalue weighted by atomic mass is 9.88. The number of benzene rings is 1. The number of aryl methyl sites for hydroxylation is 1. The number of hydrogen-bond acceptors (Lipinski definition) is 6. The Morgan fingerprint density at radius 3 is 2.49 bits per heavy atom. The highest BCUT2D eigenvalue weighted by molar-refractivity contribution is 6.29. The summed E-state index contributed by atoms with van der Waals surface area (Å²) in [7, 11) is 3.48. The molecule has 2 aliphatic rings. The van der Waals surface area contributed by atoms with Gasteiger partial charge in [0.1, 0.15) is 22.3 Å². The van der Waals surface area contributed by atoms with Gasteiger partial charge in [0.15, 0.2) is 11.6 Å². The van der Waals surface area contributed by atoms with Gasteiger partial charge in [-0.25, -0.2) is 9.37 Å². The summed E-state index contributed by atoms with van der Waals surface area (Å²) in [5, 5.41) is 10.2. The summed E-state index contributed by atoms with van der Waals surface area (Å²) < 4.78 is 45.6. The molecule has 2 fully saturated rings. The molecule has 206 valence electrons. The van der Waals surface area contributed by atoms with Crippen LogP contribution in [0, 0.1) is 23.1 Å². The van der Waals surface area contributed by atoms with E-state index in [-0.39, 0.29) is 22.8 Å². The summed E-state index contributed by atoms with van der Waals surface area (Å²) in [5.41, 5.74) is 1.87. The number of fused-ring (bicyclic) bond motifs is 1.